The lowest BCUT2D eigenvalue weighted by Crippen LogP contribution is -2.21. The molecule has 2 aromatic rings. The molecule has 0 aliphatic heterocycles. The fourth-order valence-electron chi connectivity index (χ4n) is 1.83. The zero-order chi connectivity index (χ0) is 10.8. The molecule has 0 amide bonds. The van der Waals surface area contributed by atoms with Gasteiger partial charge < -0.3 is 5.73 Å². The van der Waals surface area contributed by atoms with Crippen molar-refractivity contribution in [2.45, 2.75) is 25.8 Å². The van der Waals surface area contributed by atoms with Crippen molar-refractivity contribution in [2.75, 3.05) is 0 Å². The van der Waals surface area contributed by atoms with Crippen molar-refractivity contribution >= 4 is 10.9 Å². The number of hydrogen-bond acceptors (Lipinski definition) is 2. The van der Waals surface area contributed by atoms with Gasteiger partial charge in [-0.25, -0.2) is 0 Å². The number of aromatic nitrogens is 2. The van der Waals surface area contributed by atoms with E-state index in [1.54, 1.807) is 0 Å². The number of aryl methyl sites for hydroxylation is 1. The predicted octanol–water partition coefficient (Wildman–Crippen LogP) is 1.85. The number of nitrogens with zero attached hydrogens (tertiary/aromatic N) is 2. The summed E-state index contributed by atoms with van der Waals surface area (Å²) < 4.78 is 1.92. The van der Waals surface area contributed by atoms with E-state index in [-0.39, 0.29) is 6.04 Å². The van der Waals surface area contributed by atoms with Gasteiger partial charge in [0, 0.05) is 24.9 Å². The minimum Gasteiger partial charge on any atom is -0.327 e. The van der Waals surface area contributed by atoms with Gasteiger partial charge in [-0.2, -0.15) is 5.10 Å². The van der Waals surface area contributed by atoms with Crippen LogP contribution in [0.15, 0.2) is 24.3 Å². The fraction of sp³-hybridized carbons (Fsp3) is 0.417. The highest BCUT2D eigenvalue weighted by Crippen LogP contribution is 2.18. The van der Waals surface area contributed by atoms with Gasteiger partial charge in [-0.3, -0.25) is 4.68 Å². The Morgan fingerprint density at radius 1 is 1.40 bits per heavy atom. The van der Waals surface area contributed by atoms with E-state index in [4.69, 9.17) is 5.73 Å². The predicted molar refractivity (Wildman–Crippen MR) is 62.7 cm³/mol. The summed E-state index contributed by atoms with van der Waals surface area (Å²) in [5.74, 6) is 0. The fourth-order valence-corrected chi connectivity index (χ4v) is 1.83. The van der Waals surface area contributed by atoms with E-state index in [0.717, 1.165) is 18.5 Å². The summed E-state index contributed by atoms with van der Waals surface area (Å²) in [6, 6.07) is 8.49. The zero-order valence-corrected chi connectivity index (χ0v) is 9.27. The average Bonchev–Trinajstić information content (AvgIpc) is 2.57. The monoisotopic (exact) mass is 203 g/mol. The topological polar surface area (TPSA) is 43.8 Å². The Kier molecular flexibility index (Phi) is 2.73. The standard InChI is InChI=1S/C12H17N3/c1-3-9(13)8-11-10-6-4-5-7-12(10)15(2)14-11/h4-7,9H,3,8,13H2,1-2H3. The van der Waals surface area contributed by atoms with Crippen molar-refractivity contribution < 1.29 is 0 Å². The van der Waals surface area contributed by atoms with Gasteiger partial charge in [0.05, 0.1) is 11.2 Å². The Morgan fingerprint density at radius 2 is 2.13 bits per heavy atom. The molecule has 80 valence electrons. The third-order valence-corrected chi connectivity index (χ3v) is 2.81. The summed E-state index contributed by atoms with van der Waals surface area (Å²) in [6.07, 6.45) is 1.85. The third kappa shape index (κ3) is 1.88. The van der Waals surface area contributed by atoms with Crippen molar-refractivity contribution in [1.82, 2.24) is 9.78 Å². The Balaban J connectivity index is 2.43. The molecule has 0 fully saturated rings. The Hall–Kier alpha value is -1.35. The molecule has 1 unspecified atom stereocenters. The molecule has 0 saturated heterocycles. The number of para-hydroxylation sites is 1. The minimum absolute atomic E-state index is 0.211. The van der Waals surface area contributed by atoms with Gasteiger partial charge in [0.25, 0.3) is 0 Å². The van der Waals surface area contributed by atoms with Gasteiger partial charge in [0.1, 0.15) is 0 Å². The first-order chi connectivity index (χ1) is 7.22. The molecule has 15 heavy (non-hydrogen) atoms. The maximum atomic E-state index is 5.96. The van der Waals surface area contributed by atoms with E-state index in [1.807, 2.05) is 23.9 Å². The van der Waals surface area contributed by atoms with Crippen molar-refractivity contribution in [3.63, 3.8) is 0 Å². The highest BCUT2D eigenvalue weighted by Gasteiger charge is 2.10. The summed E-state index contributed by atoms with van der Waals surface area (Å²) in [4.78, 5) is 0. The molecule has 2 rings (SSSR count). The van der Waals surface area contributed by atoms with Gasteiger partial charge in [-0.15, -0.1) is 0 Å². The molecule has 0 bridgehead atoms. The van der Waals surface area contributed by atoms with Crippen LogP contribution in [0.25, 0.3) is 10.9 Å². The second-order valence-corrected chi connectivity index (χ2v) is 3.96. The van der Waals surface area contributed by atoms with Gasteiger partial charge >= 0.3 is 0 Å². The molecule has 3 heteroatoms. The van der Waals surface area contributed by atoms with Gasteiger partial charge in [-0.1, -0.05) is 25.1 Å². The lowest BCUT2D eigenvalue weighted by Gasteiger charge is -2.05. The van der Waals surface area contributed by atoms with E-state index in [2.05, 4.69) is 24.2 Å². The molecule has 1 heterocycles. The van der Waals surface area contributed by atoms with Crippen LogP contribution in [-0.4, -0.2) is 15.8 Å². The SMILES string of the molecule is CCC(N)Cc1nn(C)c2ccccc12. The summed E-state index contributed by atoms with van der Waals surface area (Å²) >= 11 is 0. The van der Waals surface area contributed by atoms with Crippen LogP contribution in [0, 0.1) is 0 Å². The number of nitrogens with two attached hydrogens (primary N) is 1. The van der Waals surface area contributed by atoms with Crippen molar-refractivity contribution in [3.8, 4) is 0 Å². The third-order valence-electron chi connectivity index (χ3n) is 2.81. The Morgan fingerprint density at radius 3 is 2.87 bits per heavy atom. The molecular formula is C12H17N3. The molecular weight excluding hydrogens is 186 g/mol. The lowest BCUT2D eigenvalue weighted by molar-refractivity contribution is 0.627. The van der Waals surface area contributed by atoms with Crippen LogP contribution in [0.2, 0.25) is 0 Å². The van der Waals surface area contributed by atoms with Crippen LogP contribution < -0.4 is 5.73 Å². The quantitative estimate of drug-likeness (QED) is 0.827. The first kappa shape index (κ1) is 10.2. The summed E-state index contributed by atoms with van der Waals surface area (Å²) in [7, 11) is 1.98. The minimum atomic E-state index is 0.211. The van der Waals surface area contributed by atoms with E-state index in [9.17, 15) is 0 Å². The maximum absolute atomic E-state index is 5.96. The molecule has 0 saturated carbocycles. The normalized spacial score (nSPS) is 13.3. The summed E-state index contributed by atoms with van der Waals surface area (Å²) in [5, 5.41) is 5.74. The van der Waals surface area contributed by atoms with Gasteiger partial charge in [0.2, 0.25) is 0 Å². The number of benzene rings is 1. The van der Waals surface area contributed by atoms with Crippen LogP contribution in [-0.2, 0) is 13.5 Å². The van der Waals surface area contributed by atoms with Crippen molar-refractivity contribution in [3.05, 3.63) is 30.0 Å². The zero-order valence-electron chi connectivity index (χ0n) is 9.27. The first-order valence-corrected chi connectivity index (χ1v) is 5.38. The molecule has 0 aliphatic carbocycles. The van der Waals surface area contributed by atoms with Crippen molar-refractivity contribution in [1.29, 1.82) is 0 Å². The summed E-state index contributed by atoms with van der Waals surface area (Å²) in [6.45, 7) is 2.11. The molecule has 1 aromatic heterocycles. The van der Waals surface area contributed by atoms with Crippen LogP contribution in [0.1, 0.15) is 19.0 Å². The van der Waals surface area contributed by atoms with Crippen LogP contribution in [0.3, 0.4) is 0 Å². The van der Waals surface area contributed by atoms with E-state index in [1.165, 1.54) is 10.9 Å². The van der Waals surface area contributed by atoms with Crippen LogP contribution >= 0.6 is 0 Å². The van der Waals surface area contributed by atoms with E-state index < -0.39 is 0 Å². The smallest absolute Gasteiger partial charge is 0.0718 e. The molecule has 2 N–H and O–H groups in total. The maximum Gasteiger partial charge on any atom is 0.0718 e. The Bertz CT molecular complexity index is 459. The summed E-state index contributed by atoms with van der Waals surface area (Å²) in [5.41, 5.74) is 8.25. The largest absolute Gasteiger partial charge is 0.327 e. The molecule has 0 spiro atoms. The number of hydrogen-bond donors (Lipinski definition) is 1. The average molecular weight is 203 g/mol. The molecule has 0 aliphatic rings. The highest BCUT2D eigenvalue weighted by atomic mass is 15.3. The van der Waals surface area contributed by atoms with Crippen LogP contribution in [0.4, 0.5) is 0 Å². The Labute approximate surface area is 89.9 Å². The van der Waals surface area contributed by atoms with E-state index in [0.29, 0.717) is 0 Å². The lowest BCUT2D eigenvalue weighted by atomic mass is 10.1. The second kappa shape index (κ2) is 4.03. The molecule has 0 radical (unpaired) electrons. The molecule has 3 nitrogen and oxygen atoms in total. The molecule has 1 aromatic carbocycles. The van der Waals surface area contributed by atoms with E-state index >= 15 is 0 Å². The highest BCUT2D eigenvalue weighted by molar-refractivity contribution is 5.81. The van der Waals surface area contributed by atoms with Gasteiger partial charge in [0.15, 0.2) is 0 Å². The van der Waals surface area contributed by atoms with Gasteiger partial charge in [-0.05, 0) is 12.5 Å². The molecule has 1 atom stereocenters. The van der Waals surface area contributed by atoms with Crippen molar-refractivity contribution in [2.24, 2.45) is 12.8 Å². The van der Waals surface area contributed by atoms with Crippen LogP contribution in [0.5, 0.6) is 0 Å². The number of fused-ring (bicyclic) bond motifs is 1. The second-order valence-electron chi connectivity index (χ2n) is 3.96. The first-order valence-electron chi connectivity index (χ1n) is 5.38. The number of rotatable bonds is 3.